The quantitative estimate of drug-likeness (QED) is 0.296. The maximum absolute atomic E-state index is 13.6. The Balaban J connectivity index is 1.73. The Morgan fingerprint density at radius 2 is 1.94 bits per heavy atom. The molecule has 2 aromatic carbocycles. The standard InChI is InChI=1S/C23H22N2O3S3/c1-27-17-10-9-15(14-18(17)28-2)22(26)25(12-11-16-6-5-13-30-16)23-24-21-19(29-3)7-4-8-20(21)31-23/h4-10,13-14H,11-12H2,1-3H3. The fourth-order valence-corrected chi connectivity index (χ4v) is 5.62. The highest BCUT2D eigenvalue weighted by Gasteiger charge is 2.23. The molecule has 0 N–H and O–H groups in total. The van der Waals surface area contributed by atoms with Crippen LogP contribution < -0.4 is 14.4 Å². The van der Waals surface area contributed by atoms with Gasteiger partial charge in [0.15, 0.2) is 16.6 Å². The van der Waals surface area contributed by atoms with Gasteiger partial charge in [0.2, 0.25) is 0 Å². The van der Waals surface area contributed by atoms with E-state index in [2.05, 4.69) is 23.6 Å². The van der Waals surface area contributed by atoms with Gasteiger partial charge in [-0.1, -0.05) is 23.5 Å². The Labute approximate surface area is 193 Å². The van der Waals surface area contributed by atoms with E-state index in [9.17, 15) is 4.79 Å². The van der Waals surface area contributed by atoms with Crippen molar-refractivity contribution in [2.45, 2.75) is 11.3 Å². The minimum Gasteiger partial charge on any atom is -0.493 e. The van der Waals surface area contributed by atoms with Gasteiger partial charge in [-0.2, -0.15) is 0 Å². The lowest BCUT2D eigenvalue weighted by molar-refractivity contribution is 0.0987. The van der Waals surface area contributed by atoms with Crippen LogP contribution in [-0.4, -0.2) is 37.9 Å². The first kappa shape index (κ1) is 21.7. The van der Waals surface area contributed by atoms with Crippen molar-refractivity contribution in [2.24, 2.45) is 0 Å². The molecule has 0 spiro atoms. The number of para-hydroxylation sites is 1. The van der Waals surface area contributed by atoms with Crippen LogP contribution in [0.5, 0.6) is 11.5 Å². The van der Waals surface area contributed by atoms with Gasteiger partial charge in [0.1, 0.15) is 0 Å². The molecule has 8 heteroatoms. The third kappa shape index (κ3) is 4.56. The average Bonchev–Trinajstić information content (AvgIpc) is 3.48. The lowest BCUT2D eigenvalue weighted by atomic mass is 10.1. The molecule has 0 aliphatic rings. The van der Waals surface area contributed by atoms with E-state index in [-0.39, 0.29) is 5.91 Å². The molecular weight excluding hydrogens is 448 g/mol. The number of aromatic nitrogens is 1. The second-order valence-electron chi connectivity index (χ2n) is 6.66. The Hall–Kier alpha value is -2.55. The molecule has 0 unspecified atom stereocenters. The van der Waals surface area contributed by atoms with Crippen LogP contribution in [0.4, 0.5) is 5.13 Å². The highest BCUT2D eigenvalue weighted by molar-refractivity contribution is 7.98. The topological polar surface area (TPSA) is 51.7 Å². The zero-order valence-electron chi connectivity index (χ0n) is 17.5. The van der Waals surface area contributed by atoms with Gasteiger partial charge in [-0.05, 0) is 54.5 Å². The van der Waals surface area contributed by atoms with Gasteiger partial charge in [0.05, 0.1) is 24.4 Å². The summed E-state index contributed by atoms with van der Waals surface area (Å²) in [6.45, 7) is 0.544. The zero-order chi connectivity index (χ0) is 21.8. The summed E-state index contributed by atoms with van der Waals surface area (Å²) in [6.07, 6.45) is 2.80. The Bertz CT molecular complexity index is 1190. The fraction of sp³-hybridized carbons (Fsp3) is 0.217. The lowest BCUT2D eigenvalue weighted by Crippen LogP contribution is -2.32. The van der Waals surface area contributed by atoms with Crippen LogP contribution in [0.1, 0.15) is 15.2 Å². The maximum Gasteiger partial charge on any atom is 0.260 e. The van der Waals surface area contributed by atoms with Crippen LogP contribution in [0, 0.1) is 0 Å². The van der Waals surface area contributed by atoms with E-state index in [4.69, 9.17) is 14.5 Å². The molecule has 0 aliphatic carbocycles. The van der Waals surface area contributed by atoms with Gasteiger partial charge in [-0.25, -0.2) is 4.98 Å². The van der Waals surface area contributed by atoms with Gasteiger partial charge in [-0.15, -0.1) is 23.1 Å². The number of nitrogens with zero attached hydrogens (tertiary/aromatic N) is 2. The molecule has 0 atom stereocenters. The van der Waals surface area contributed by atoms with E-state index in [0.717, 1.165) is 21.5 Å². The number of hydrogen-bond acceptors (Lipinski definition) is 7. The van der Waals surface area contributed by atoms with Gasteiger partial charge in [0.25, 0.3) is 5.91 Å². The van der Waals surface area contributed by atoms with E-state index >= 15 is 0 Å². The first-order valence-corrected chi connectivity index (χ1v) is 12.6. The number of anilines is 1. The van der Waals surface area contributed by atoms with E-state index in [1.807, 2.05) is 18.4 Å². The van der Waals surface area contributed by atoms with Crippen molar-refractivity contribution in [1.82, 2.24) is 4.98 Å². The number of thiazole rings is 1. The monoisotopic (exact) mass is 470 g/mol. The number of amides is 1. The lowest BCUT2D eigenvalue weighted by Gasteiger charge is -2.20. The summed E-state index contributed by atoms with van der Waals surface area (Å²) in [7, 11) is 3.15. The van der Waals surface area contributed by atoms with Crippen molar-refractivity contribution in [3.8, 4) is 11.5 Å². The summed E-state index contributed by atoms with van der Waals surface area (Å²) < 4.78 is 11.8. The molecule has 0 fully saturated rings. The summed E-state index contributed by atoms with van der Waals surface area (Å²) in [6, 6.07) is 15.5. The van der Waals surface area contributed by atoms with Gasteiger partial charge < -0.3 is 9.47 Å². The molecular formula is C23H22N2O3S3. The first-order chi connectivity index (χ1) is 15.1. The number of thioether (sulfide) groups is 1. The number of ether oxygens (including phenoxy) is 2. The predicted molar refractivity (Wildman–Crippen MR) is 131 cm³/mol. The Kier molecular flexibility index (Phi) is 6.80. The third-order valence-corrected chi connectivity index (χ3v) is 7.61. The molecule has 4 rings (SSSR count). The van der Waals surface area contributed by atoms with Crippen molar-refractivity contribution in [2.75, 3.05) is 31.9 Å². The van der Waals surface area contributed by atoms with Gasteiger partial charge in [0, 0.05) is 21.9 Å². The van der Waals surface area contributed by atoms with Crippen LogP contribution in [-0.2, 0) is 6.42 Å². The smallest absolute Gasteiger partial charge is 0.260 e. The second-order valence-corrected chi connectivity index (χ2v) is 9.55. The second kappa shape index (κ2) is 9.72. The molecule has 0 radical (unpaired) electrons. The van der Waals surface area contributed by atoms with Crippen LogP contribution >= 0.6 is 34.4 Å². The SMILES string of the molecule is COc1ccc(C(=O)N(CCc2cccs2)c2nc3c(SC)cccc3s2)cc1OC. The van der Waals surface area contributed by atoms with E-state index in [1.54, 1.807) is 71.8 Å². The zero-order valence-corrected chi connectivity index (χ0v) is 19.9. The Morgan fingerprint density at radius 1 is 1.10 bits per heavy atom. The minimum absolute atomic E-state index is 0.109. The molecule has 0 saturated heterocycles. The number of thiophene rings is 1. The van der Waals surface area contributed by atoms with E-state index < -0.39 is 0 Å². The third-order valence-electron chi connectivity index (χ3n) is 4.86. The highest BCUT2D eigenvalue weighted by Crippen LogP contribution is 2.35. The van der Waals surface area contributed by atoms with Gasteiger partial charge >= 0.3 is 0 Å². The largest absolute Gasteiger partial charge is 0.493 e. The van der Waals surface area contributed by atoms with Crippen molar-refractivity contribution in [3.63, 3.8) is 0 Å². The summed E-state index contributed by atoms with van der Waals surface area (Å²) in [5.74, 6) is 1.01. The molecule has 2 heterocycles. The van der Waals surface area contributed by atoms with Crippen molar-refractivity contribution in [3.05, 3.63) is 64.4 Å². The molecule has 0 saturated carbocycles. The number of hydrogen-bond donors (Lipinski definition) is 0. The molecule has 31 heavy (non-hydrogen) atoms. The fourth-order valence-electron chi connectivity index (χ4n) is 3.28. The first-order valence-electron chi connectivity index (χ1n) is 9.64. The minimum atomic E-state index is -0.109. The molecule has 2 aromatic heterocycles. The summed E-state index contributed by atoms with van der Waals surface area (Å²) in [5, 5.41) is 2.76. The average molecular weight is 471 g/mol. The molecule has 160 valence electrons. The summed E-state index contributed by atoms with van der Waals surface area (Å²) in [5.41, 5.74) is 1.48. The molecule has 5 nitrogen and oxygen atoms in total. The highest BCUT2D eigenvalue weighted by atomic mass is 32.2. The van der Waals surface area contributed by atoms with Crippen LogP contribution in [0.3, 0.4) is 0 Å². The predicted octanol–water partition coefficient (Wildman–Crippen LogP) is 5.99. The number of fused-ring (bicyclic) bond motifs is 1. The maximum atomic E-state index is 13.6. The summed E-state index contributed by atoms with van der Waals surface area (Å²) >= 11 is 4.90. The van der Waals surface area contributed by atoms with E-state index in [1.165, 1.54) is 4.88 Å². The molecule has 4 aromatic rings. The molecule has 0 aliphatic heterocycles. The number of benzene rings is 2. The van der Waals surface area contributed by atoms with Crippen molar-refractivity contribution < 1.29 is 14.3 Å². The van der Waals surface area contributed by atoms with Crippen LogP contribution in [0.2, 0.25) is 0 Å². The summed E-state index contributed by atoms with van der Waals surface area (Å²) in [4.78, 5) is 22.6. The molecule has 0 bridgehead atoms. The number of methoxy groups -OCH3 is 2. The van der Waals surface area contributed by atoms with Crippen LogP contribution in [0.25, 0.3) is 10.2 Å². The Morgan fingerprint density at radius 3 is 2.65 bits per heavy atom. The van der Waals surface area contributed by atoms with Crippen LogP contribution in [0.15, 0.2) is 58.8 Å². The number of carbonyl (C=O) groups is 1. The van der Waals surface area contributed by atoms with E-state index in [0.29, 0.717) is 28.7 Å². The normalized spacial score (nSPS) is 10.9. The van der Waals surface area contributed by atoms with Gasteiger partial charge in [-0.3, -0.25) is 9.69 Å². The number of rotatable bonds is 8. The van der Waals surface area contributed by atoms with Crippen molar-refractivity contribution in [1.29, 1.82) is 0 Å². The number of carbonyl (C=O) groups excluding carboxylic acids is 1. The van der Waals surface area contributed by atoms with Crippen molar-refractivity contribution >= 4 is 55.7 Å². The molecule has 1 amide bonds.